The van der Waals surface area contributed by atoms with Crippen LogP contribution in [0.5, 0.6) is 0 Å². The maximum Gasteiger partial charge on any atom is 0.418 e. The van der Waals surface area contributed by atoms with E-state index in [1.165, 1.54) is 34.1 Å². The van der Waals surface area contributed by atoms with Crippen molar-refractivity contribution in [1.29, 1.82) is 0 Å². The van der Waals surface area contributed by atoms with Crippen molar-refractivity contribution in [2.24, 2.45) is 0 Å². The Morgan fingerprint density at radius 1 is 1.21 bits per heavy atom. The van der Waals surface area contributed by atoms with E-state index in [4.69, 9.17) is 0 Å². The van der Waals surface area contributed by atoms with Crippen molar-refractivity contribution >= 4 is 50.2 Å². The number of carbonyl (C=O) groups is 1. The van der Waals surface area contributed by atoms with Crippen molar-refractivity contribution in [3.05, 3.63) is 40.2 Å². The Bertz CT molecular complexity index is 1230. The minimum atomic E-state index is -4.58. The Hall–Kier alpha value is -2.60. The second-order valence-corrected chi connectivity index (χ2v) is 9.81. The van der Waals surface area contributed by atoms with Gasteiger partial charge in [-0.2, -0.15) is 18.2 Å². The molecule has 2 aromatic heterocycles. The van der Waals surface area contributed by atoms with Gasteiger partial charge in [-0.3, -0.25) is 14.2 Å². The molecule has 0 radical (unpaired) electrons. The first kappa shape index (κ1) is 23.6. The topological polar surface area (TPSA) is 80.1 Å². The van der Waals surface area contributed by atoms with Gasteiger partial charge in [0.15, 0.2) is 15.9 Å². The molecule has 176 valence electrons. The molecule has 33 heavy (non-hydrogen) atoms. The van der Waals surface area contributed by atoms with Gasteiger partial charge in [0.1, 0.15) is 4.70 Å². The highest BCUT2D eigenvalue weighted by molar-refractivity contribution is 7.99. The molecule has 1 aliphatic rings. The Kier molecular flexibility index (Phi) is 6.66. The molecule has 12 heteroatoms. The minimum Gasteiger partial charge on any atom is -0.348 e. The molecule has 0 unspecified atom stereocenters. The maximum atomic E-state index is 13.2. The molecule has 3 aromatic rings. The van der Waals surface area contributed by atoms with Crippen molar-refractivity contribution in [2.45, 2.75) is 44.1 Å². The molecule has 3 heterocycles. The first-order valence-corrected chi connectivity index (χ1v) is 12.2. The summed E-state index contributed by atoms with van der Waals surface area (Å²) in [6.07, 6.45) is -2.43. The molecule has 7 nitrogen and oxygen atoms in total. The summed E-state index contributed by atoms with van der Waals surface area (Å²) in [5.41, 5.74) is -1.13. The predicted octanol–water partition coefficient (Wildman–Crippen LogP) is 4.78. The number of rotatable bonds is 6. The Labute approximate surface area is 196 Å². The molecule has 1 saturated heterocycles. The normalized spacial score (nSPS) is 14.4. The summed E-state index contributed by atoms with van der Waals surface area (Å²) in [5.74, 6) is -0.836. The Morgan fingerprint density at radius 2 is 1.91 bits per heavy atom. The number of alkyl halides is 3. The number of nitrogens with one attached hydrogen (secondary N) is 1. The van der Waals surface area contributed by atoms with Gasteiger partial charge < -0.3 is 10.2 Å². The van der Waals surface area contributed by atoms with E-state index < -0.39 is 17.6 Å². The number of aromatic nitrogens is 3. The fraction of sp³-hybridized carbons (Fsp3) is 0.429. The van der Waals surface area contributed by atoms with Crippen LogP contribution in [0.4, 0.5) is 24.0 Å². The number of para-hydroxylation sites is 1. The number of halogens is 3. The van der Waals surface area contributed by atoms with Crippen LogP contribution in [0, 0.1) is 0 Å². The lowest BCUT2D eigenvalue weighted by Crippen LogP contribution is -2.25. The third-order valence-electron chi connectivity index (χ3n) is 5.15. The van der Waals surface area contributed by atoms with Gasteiger partial charge in [-0.25, -0.2) is 4.98 Å². The third-order valence-corrected chi connectivity index (χ3v) is 7.20. The van der Waals surface area contributed by atoms with Crippen molar-refractivity contribution in [1.82, 2.24) is 14.5 Å². The van der Waals surface area contributed by atoms with Gasteiger partial charge in [0.2, 0.25) is 5.91 Å². The number of hydrogen-bond donors (Lipinski definition) is 1. The summed E-state index contributed by atoms with van der Waals surface area (Å²) in [6.45, 7) is 5.45. The van der Waals surface area contributed by atoms with E-state index in [9.17, 15) is 22.8 Å². The van der Waals surface area contributed by atoms with Crippen molar-refractivity contribution in [3.8, 4) is 0 Å². The number of nitrogens with zero attached hydrogens (tertiary/aromatic N) is 4. The average molecular weight is 498 g/mol. The lowest BCUT2D eigenvalue weighted by molar-refractivity contribution is -0.137. The van der Waals surface area contributed by atoms with Crippen LogP contribution in [-0.2, 0) is 11.0 Å². The van der Waals surface area contributed by atoms with Gasteiger partial charge in [-0.1, -0.05) is 35.2 Å². The Morgan fingerprint density at radius 3 is 2.58 bits per heavy atom. The van der Waals surface area contributed by atoms with Gasteiger partial charge >= 0.3 is 6.18 Å². The van der Waals surface area contributed by atoms with Crippen LogP contribution in [0.3, 0.4) is 0 Å². The van der Waals surface area contributed by atoms with Gasteiger partial charge in [0.25, 0.3) is 5.56 Å². The van der Waals surface area contributed by atoms with E-state index >= 15 is 0 Å². The molecular weight excluding hydrogens is 475 g/mol. The molecule has 0 spiro atoms. The number of hydrogen-bond acceptors (Lipinski definition) is 7. The minimum absolute atomic E-state index is 0.208. The highest BCUT2D eigenvalue weighted by Crippen LogP contribution is 2.35. The fourth-order valence-electron chi connectivity index (χ4n) is 3.61. The Balaban J connectivity index is 1.57. The number of thioether (sulfide) groups is 1. The van der Waals surface area contributed by atoms with Gasteiger partial charge in [0, 0.05) is 19.1 Å². The molecular formula is C21H22F3N5O2S2. The zero-order chi connectivity index (χ0) is 23.8. The summed E-state index contributed by atoms with van der Waals surface area (Å²) in [4.78, 5) is 36.8. The number of anilines is 2. The molecule has 0 bridgehead atoms. The van der Waals surface area contributed by atoms with Crippen LogP contribution in [0.1, 0.15) is 38.3 Å². The molecule has 4 rings (SSSR count). The number of carbonyl (C=O) groups excluding carboxylic acids is 1. The molecule has 0 aliphatic carbocycles. The number of benzene rings is 1. The van der Waals surface area contributed by atoms with Crippen LogP contribution < -0.4 is 15.8 Å². The maximum absolute atomic E-state index is 13.2. The molecule has 1 N–H and O–H groups in total. The smallest absolute Gasteiger partial charge is 0.348 e. The van der Waals surface area contributed by atoms with E-state index in [1.54, 1.807) is 0 Å². The second kappa shape index (κ2) is 9.34. The summed E-state index contributed by atoms with van der Waals surface area (Å²) in [6, 6.07) is 4.58. The van der Waals surface area contributed by atoms with Crippen molar-refractivity contribution < 1.29 is 18.0 Å². The van der Waals surface area contributed by atoms with E-state index in [2.05, 4.69) is 20.2 Å². The summed E-state index contributed by atoms with van der Waals surface area (Å²) >= 11 is 2.31. The number of thiazole rings is 1. The van der Waals surface area contributed by atoms with Crippen molar-refractivity contribution in [3.63, 3.8) is 0 Å². The van der Waals surface area contributed by atoms with Crippen LogP contribution >= 0.6 is 23.1 Å². The highest BCUT2D eigenvalue weighted by atomic mass is 32.2. The largest absolute Gasteiger partial charge is 0.418 e. The molecule has 0 atom stereocenters. The van der Waals surface area contributed by atoms with Crippen LogP contribution in [0.25, 0.3) is 10.3 Å². The SMILES string of the molecule is CC(C)n1c(SCC(=O)Nc2ccccc2C(F)(F)F)nc2nc(N3CCCC3)sc2c1=O. The van der Waals surface area contributed by atoms with Crippen LogP contribution in [-0.4, -0.2) is 39.3 Å². The molecule has 1 amide bonds. The monoisotopic (exact) mass is 497 g/mol. The van der Waals surface area contributed by atoms with Crippen LogP contribution in [0.2, 0.25) is 0 Å². The van der Waals surface area contributed by atoms with E-state index in [-0.39, 0.29) is 23.0 Å². The molecule has 1 aromatic carbocycles. The quantitative estimate of drug-likeness (QED) is 0.390. The van der Waals surface area contributed by atoms with Gasteiger partial charge in [-0.05, 0) is 38.8 Å². The van der Waals surface area contributed by atoms with Crippen LogP contribution in [0.15, 0.2) is 34.2 Å². The number of fused-ring (bicyclic) bond motifs is 1. The molecule has 1 fully saturated rings. The first-order valence-electron chi connectivity index (χ1n) is 10.4. The number of amides is 1. The molecule has 0 saturated carbocycles. The van der Waals surface area contributed by atoms with Gasteiger partial charge in [-0.15, -0.1) is 0 Å². The zero-order valence-corrected chi connectivity index (χ0v) is 19.6. The standard InChI is InChI=1S/C21H22F3N5O2S2/c1-12(2)29-18(31)16-17(26-19(33-16)28-9-5-6-10-28)27-20(29)32-11-15(30)25-14-8-4-3-7-13(14)21(22,23)24/h3-4,7-8,12H,5-6,9-11H2,1-2H3,(H,25,30). The van der Waals surface area contributed by atoms with E-state index in [1.807, 2.05) is 13.8 Å². The first-order chi connectivity index (χ1) is 15.6. The second-order valence-electron chi connectivity index (χ2n) is 7.89. The van der Waals surface area contributed by atoms with E-state index in [0.717, 1.165) is 48.9 Å². The summed E-state index contributed by atoms with van der Waals surface area (Å²) < 4.78 is 41.5. The highest BCUT2D eigenvalue weighted by Gasteiger charge is 2.33. The fourth-order valence-corrected chi connectivity index (χ4v) is 5.52. The lowest BCUT2D eigenvalue weighted by Gasteiger charge is -2.15. The third kappa shape index (κ3) is 5.01. The predicted molar refractivity (Wildman–Crippen MR) is 124 cm³/mol. The summed E-state index contributed by atoms with van der Waals surface area (Å²) in [5, 5.41) is 3.38. The molecule has 1 aliphatic heterocycles. The van der Waals surface area contributed by atoms with E-state index in [0.29, 0.717) is 15.5 Å². The van der Waals surface area contributed by atoms with Crippen molar-refractivity contribution in [2.75, 3.05) is 29.1 Å². The zero-order valence-electron chi connectivity index (χ0n) is 18.0. The average Bonchev–Trinajstić information content (AvgIpc) is 3.41. The summed E-state index contributed by atoms with van der Waals surface area (Å²) in [7, 11) is 0. The lowest BCUT2D eigenvalue weighted by atomic mass is 10.1. The van der Waals surface area contributed by atoms with Gasteiger partial charge in [0.05, 0.1) is 17.0 Å².